The van der Waals surface area contributed by atoms with E-state index in [-0.39, 0.29) is 0 Å². The fourth-order valence-electron chi connectivity index (χ4n) is 3.11. The number of hydrogen-bond acceptors (Lipinski definition) is 4. The maximum absolute atomic E-state index is 4.84. The molecule has 104 valence electrons. The van der Waals surface area contributed by atoms with Crippen molar-refractivity contribution in [3.8, 4) is 11.4 Å². The second-order valence-corrected chi connectivity index (χ2v) is 5.86. The molecule has 1 fully saturated rings. The molecule has 0 N–H and O–H groups in total. The molecular weight excluding hydrogens is 250 g/mol. The van der Waals surface area contributed by atoms with E-state index >= 15 is 0 Å². The SMILES string of the molecule is C[C@H]1CCN1c1nc2c(c(-c3ccn(C)n3)n1)CCC2. The van der Waals surface area contributed by atoms with Crippen LogP contribution in [0.2, 0.25) is 0 Å². The van der Waals surface area contributed by atoms with Crippen LogP contribution in [-0.2, 0) is 19.9 Å². The van der Waals surface area contributed by atoms with Crippen LogP contribution in [-0.4, -0.2) is 32.3 Å². The standard InChI is InChI=1S/C15H19N5/c1-10-6-9-20(10)15-16-12-5-3-4-11(12)14(17-15)13-7-8-19(2)18-13/h7-8,10H,3-6,9H2,1-2H3/t10-/m0/s1. The minimum absolute atomic E-state index is 0.561. The molecule has 3 heterocycles. The highest BCUT2D eigenvalue weighted by Crippen LogP contribution is 2.33. The van der Waals surface area contributed by atoms with Crippen molar-refractivity contribution in [2.24, 2.45) is 7.05 Å². The minimum Gasteiger partial charge on any atom is -0.338 e. The zero-order chi connectivity index (χ0) is 13.7. The van der Waals surface area contributed by atoms with E-state index in [1.54, 1.807) is 0 Å². The molecule has 2 aromatic heterocycles. The van der Waals surface area contributed by atoms with E-state index in [0.717, 1.165) is 36.7 Å². The van der Waals surface area contributed by atoms with Crippen molar-refractivity contribution in [3.63, 3.8) is 0 Å². The quantitative estimate of drug-likeness (QED) is 0.836. The van der Waals surface area contributed by atoms with Gasteiger partial charge in [0.15, 0.2) is 0 Å². The maximum Gasteiger partial charge on any atom is 0.226 e. The summed E-state index contributed by atoms with van der Waals surface area (Å²) in [6.45, 7) is 3.31. The molecular formula is C15H19N5. The molecule has 0 saturated carbocycles. The van der Waals surface area contributed by atoms with E-state index in [2.05, 4.69) is 16.9 Å². The Morgan fingerprint density at radius 2 is 2.15 bits per heavy atom. The summed E-state index contributed by atoms with van der Waals surface area (Å²) in [6.07, 6.45) is 6.55. The van der Waals surface area contributed by atoms with Crippen molar-refractivity contribution in [1.82, 2.24) is 19.7 Å². The van der Waals surface area contributed by atoms with Crippen LogP contribution in [0.15, 0.2) is 12.3 Å². The van der Waals surface area contributed by atoms with E-state index in [0.29, 0.717) is 6.04 Å². The Kier molecular flexibility index (Phi) is 2.55. The van der Waals surface area contributed by atoms with Gasteiger partial charge in [-0.05, 0) is 38.7 Å². The Balaban J connectivity index is 1.84. The molecule has 2 aliphatic rings. The fraction of sp³-hybridized carbons (Fsp3) is 0.533. The molecule has 0 aromatic carbocycles. The predicted octanol–water partition coefficient (Wildman–Crippen LogP) is 1.96. The Morgan fingerprint density at radius 3 is 2.80 bits per heavy atom. The first kappa shape index (κ1) is 11.9. The summed E-state index contributed by atoms with van der Waals surface area (Å²) in [4.78, 5) is 11.9. The lowest BCUT2D eigenvalue weighted by atomic mass is 10.1. The van der Waals surface area contributed by atoms with Gasteiger partial charge in [-0.1, -0.05) is 0 Å². The van der Waals surface area contributed by atoms with Crippen LogP contribution in [0.4, 0.5) is 5.95 Å². The molecule has 4 rings (SSSR count). The van der Waals surface area contributed by atoms with Gasteiger partial charge >= 0.3 is 0 Å². The number of aromatic nitrogens is 4. The zero-order valence-corrected chi connectivity index (χ0v) is 12.0. The average Bonchev–Trinajstić information content (AvgIpc) is 3.04. The average molecular weight is 269 g/mol. The lowest BCUT2D eigenvalue weighted by Gasteiger charge is -2.39. The van der Waals surface area contributed by atoms with Crippen molar-refractivity contribution in [3.05, 3.63) is 23.5 Å². The van der Waals surface area contributed by atoms with Crippen LogP contribution < -0.4 is 4.90 Å². The first-order valence-electron chi connectivity index (χ1n) is 7.39. The largest absolute Gasteiger partial charge is 0.338 e. The molecule has 0 unspecified atom stereocenters. The van der Waals surface area contributed by atoms with Crippen molar-refractivity contribution in [1.29, 1.82) is 0 Å². The molecule has 0 amide bonds. The second-order valence-electron chi connectivity index (χ2n) is 5.86. The molecule has 1 atom stereocenters. The Hall–Kier alpha value is -1.91. The molecule has 1 saturated heterocycles. The number of rotatable bonds is 2. The van der Waals surface area contributed by atoms with Gasteiger partial charge in [0.2, 0.25) is 5.95 Å². The molecule has 0 bridgehead atoms. The number of aryl methyl sites for hydroxylation is 2. The zero-order valence-electron chi connectivity index (χ0n) is 12.0. The molecule has 20 heavy (non-hydrogen) atoms. The van der Waals surface area contributed by atoms with Gasteiger partial charge < -0.3 is 4.90 Å². The van der Waals surface area contributed by atoms with E-state index in [4.69, 9.17) is 9.97 Å². The van der Waals surface area contributed by atoms with Crippen LogP contribution in [0.5, 0.6) is 0 Å². The highest BCUT2D eigenvalue weighted by Gasteiger charge is 2.29. The van der Waals surface area contributed by atoms with Crippen LogP contribution in [0.3, 0.4) is 0 Å². The van der Waals surface area contributed by atoms with Gasteiger partial charge in [-0.3, -0.25) is 4.68 Å². The van der Waals surface area contributed by atoms with Crippen molar-refractivity contribution >= 4 is 5.95 Å². The molecule has 5 nitrogen and oxygen atoms in total. The predicted molar refractivity (Wildman–Crippen MR) is 77.7 cm³/mol. The van der Waals surface area contributed by atoms with Crippen LogP contribution in [0, 0.1) is 0 Å². The normalized spacial score (nSPS) is 20.9. The van der Waals surface area contributed by atoms with Crippen LogP contribution in [0.25, 0.3) is 11.4 Å². The molecule has 1 aliphatic heterocycles. The van der Waals surface area contributed by atoms with E-state index < -0.39 is 0 Å². The second kappa shape index (κ2) is 4.30. The first-order valence-corrected chi connectivity index (χ1v) is 7.39. The van der Waals surface area contributed by atoms with E-state index in [9.17, 15) is 0 Å². The maximum atomic E-state index is 4.84. The van der Waals surface area contributed by atoms with Gasteiger partial charge in [-0.2, -0.15) is 5.10 Å². The summed E-state index contributed by atoms with van der Waals surface area (Å²) in [5.74, 6) is 0.894. The summed E-state index contributed by atoms with van der Waals surface area (Å²) in [5.41, 5.74) is 4.56. The smallest absolute Gasteiger partial charge is 0.226 e. The lowest BCUT2D eigenvalue weighted by molar-refractivity contribution is 0.470. The fourth-order valence-corrected chi connectivity index (χ4v) is 3.11. The summed E-state index contributed by atoms with van der Waals surface area (Å²) >= 11 is 0. The summed E-state index contributed by atoms with van der Waals surface area (Å²) in [6, 6.07) is 2.61. The van der Waals surface area contributed by atoms with E-state index in [1.165, 1.54) is 24.1 Å². The highest BCUT2D eigenvalue weighted by atomic mass is 15.3. The lowest BCUT2D eigenvalue weighted by Crippen LogP contribution is -2.46. The molecule has 5 heteroatoms. The van der Waals surface area contributed by atoms with Crippen molar-refractivity contribution in [2.75, 3.05) is 11.4 Å². The highest BCUT2D eigenvalue weighted by molar-refractivity contribution is 5.63. The minimum atomic E-state index is 0.561. The molecule has 1 aliphatic carbocycles. The summed E-state index contributed by atoms with van der Waals surface area (Å²) in [5, 5.41) is 4.53. The van der Waals surface area contributed by atoms with Crippen molar-refractivity contribution in [2.45, 2.75) is 38.6 Å². The number of hydrogen-bond donors (Lipinski definition) is 0. The molecule has 0 radical (unpaired) electrons. The first-order chi connectivity index (χ1) is 9.72. The van der Waals surface area contributed by atoms with Gasteiger partial charge in [0.05, 0.1) is 5.69 Å². The van der Waals surface area contributed by atoms with Gasteiger partial charge in [-0.25, -0.2) is 9.97 Å². The molecule has 0 spiro atoms. The third-order valence-corrected chi connectivity index (χ3v) is 4.45. The van der Waals surface area contributed by atoms with Gasteiger partial charge in [0, 0.05) is 37.1 Å². The monoisotopic (exact) mass is 269 g/mol. The third-order valence-electron chi connectivity index (χ3n) is 4.45. The third kappa shape index (κ3) is 1.72. The molecule has 2 aromatic rings. The van der Waals surface area contributed by atoms with Crippen LogP contribution >= 0.6 is 0 Å². The van der Waals surface area contributed by atoms with Crippen molar-refractivity contribution < 1.29 is 0 Å². The topological polar surface area (TPSA) is 46.8 Å². The van der Waals surface area contributed by atoms with E-state index in [1.807, 2.05) is 24.0 Å². The van der Waals surface area contributed by atoms with Crippen LogP contribution in [0.1, 0.15) is 31.0 Å². The Bertz CT molecular complexity index is 660. The Morgan fingerprint density at radius 1 is 1.25 bits per heavy atom. The Labute approximate surface area is 118 Å². The van der Waals surface area contributed by atoms with Gasteiger partial charge in [0.1, 0.15) is 5.69 Å². The summed E-state index contributed by atoms with van der Waals surface area (Å²) in [7, 11) is 1.95. The number of nitrogens with zero attached hydrogens (tertiary/aromatic N) is 5. The number of anilines is 1. The number of fused-ring (bicyclic) bond motifs is 1. The summed E-state index contributed by atoms with van der Waals surface area (Å²) < 4.78 is 1.84. The van der Waals surface area contributed by atoms with Gasteiger partial charge in [-0.15, -0.1) is 0 Å². The van der Waals surface area contributed by atoms with Gasteiger partial charge in [0.25, 0.3) is 0 Å².